The lowest BCUT2D eigenvalue weighted by Gasteiger charge is -2.04. The first-order valence-electron chi connectivity index (χ1n) is 8.19. The fourth-order valence-corrected chi connectivity index (χ4v) is 3.66. The summed E-state index contributed by atoms with van der Waals surface area (Å²) in [6, 6.07) is 5.11. The molecule has 10 heteroatoms. The number of nitrogen functional groups attached to an aromatic ring is 1. The number of hydrogen-bond acceptors (Lipinski definition) is 6. The third-order valence-corrected chi connectivity index (χ3v) is 4.93. The molecule has 3 heterocycles. The Hall–Kier alpha value is -3.17. The predicted octanol–water partition coefficient (Wildman–Crippen LogP) is 1.28. The number of nitrogens with two attached hydrogens (primary N) is 3. The summed E-state index contributed by atoms with van der Waals surface area (Å²) in [6.45, 7) is 0.866. The van der Waals surface area contributed by atoms with E-state index in [4.69, 9.17) is 28.8 Å². The molecule has 0 aliphatic heterocycles. The topological polar surface area (TPSA) is 144 Å². The van der Waals surface area contributed by atoms with Crippen molar-refractivity contribution in [1.29, 1.82) is 0 Å². The molecule has 0 aliphatic rings. The second-order valence-corrected chi connectivity index (χ2v) is 6.51. The van der Waals surface area contributed by atoms with Crippen LogP contribution in [0.25, 0.3) is 33.3 Å². The number of carbonyl (C=O) groups excluding carboxylic acids is 1. The van der Waals surface area contributed by atoms with Gasteiger partial charge >= 0.3 is 0 Å². The lowest BCUT2D eigenvalue weighted by Crippen LogP contribution is -2.11. The first-order valence-corrected chi connectivity index (χ1v) is 8.57. The molecule has 27 heavy (non-hydrogen) atoms. The lowest BCUT2D eigenvalue weighted by molar-refractivity contribution is 0.100. The van der Waals surface area contributed by atoms with Crippen molar-refractivity contribution < 1.29 is 4.79 Å². The van der Waals surface area contributed by atoms with E-state index in [1.807, 2.05) is 11.6 Å². The summed E-state index contributed by atoms with van der Waals surface area (Å²) >= 11 is 6.68. The second-order valence-electron chi connectivity index (χ2n) is 6.14. The van der Waals surface area contributed by atoms with Crippen LogP contribution < -0.4 is 17.2 Å². The number of aryl methyl sites for hydroxylation is 1. The van der Waals surface area contributed by atoms with Gasteiger partial charge in [-0.25, -0.2) is 14.6 Å². The Morgan fingerprint density at radius 1 is 1.30 bits per heavy atom. The summed E-state index contributed by atoms with van der Waals surface area (Å²) in [7, 11) is 1.84. The SMILES string of the molecule is Cn1c(-c2nn(CCN)c3ncnc(N)c23)c(Cl)c2ccc(C(N)=O)cc21. The molecular weight excluding hydrogens is 368 g/mol. The van der Waals surface area contributed by atoms with E-state index in [0.717, 1.165) is 10.9 Å². The van der Waals surface area contributed by atoms with Gasteiger partial charge in [-0.2, -0.15) is 5.10 Å². The average Bonchev–Trinajstić information content (AvgIpc) is 3.12. The molecule has 0 unspecified atom stereocenters. The van der Waals surface area contributed by atoms with Crippen molar-refractivity contribution in [2.24, 2.45) is 18.5 Å². The van der Waals surface area contributed by atoms with Crippen LogP contribution in [-0.2, 0) is 13.6 Å². The zero-order valence-electron chi connectivity index (χ0n) is 14.5. The first-order chi connectivity index (χ1) is 12.9. The molecular formula is C17H17ClN8O. The third kappa shape index (κ3) is 2.51. The Labute approximate surface area is 158 Å². The van der Waals surface area contributed by atoms with Crippen molar-refractivity contribution in [3.05, 3.63) is 35.1 Å². The number of aromatic nitrogens is 5. The average molecular weight is 385 g/mol. The fourth-order valence-electron chi connectivity index (χ4n) is 3.28. The number of hydrogen-bond donors (Lipinski definition) is 3. The van der Waals surface area contributed by atoms with Gasteiger partial charge in [-0.1, -0.05) is 17.7 Å². The van der Waals surface area contributed by atoms with E-state index in [0.29, 0.717) is 51.9 Å². The summed E-state index contributed by atoms with van der Waals surface area (Å²) in [5.41, 5.74) is 20.1. The number of halogens is 1. The van der Waals surface area contributed by atoms with Crippen molar-refractivity contribution in [3.63, 3.8) is 0 Å². The van der Waals surface area contributed by atoms with Gasteiger partial charge in [0.2, 0.25) is 5.91 Å². The predicted molar refractivity (Wildman–Crippen MR) is 104 cm³/mol. The Kier molecular flexibility index (Phi) is 3.97. The molecule has 1 amide bonds. The highest BCUT2D eigenvalue weighted by molar-refractivity contribution is 6.39. The summed E-state index contributed by atoms with van der Waals surface area (Å²) in [6.07, 6.45) is 1.39. The molecule has 0 saturated carbocycles. The van der Waals surface area contributed by atoms with Crippen LogP contribution in [0.4, 0.5) is 5.82 Å². The van der Waals surface area contributed by atoms with Gasteiger partial charge in [0.1, 0.15) is 17.8 Å². The standard InChI is InChI=1S/C17H17ClN8O/c1-25-10-6-8(16(21)27)2-3-9(10)12(18)14(25)13-11-15(20)22-7-23-17(11)26(24-13)5-4-19/h2-3,6-7H,4-5,19H2,1H3,(H2,21,27)(H2,20,22,23). The number of nitrogens with zero attached hydrogens (tertiary/aromatic N) is 5. The van der Waals surface area contributed by atoms with Gasteiger partial charge in [0.25, 0.3) is 0 Å². The van der Waals surface area contributed by atoms with E-state index in [2.05, 4.69) is 15.1 Å². The summed E-state index contributed by atoms with van der Waals surface area (Å²) in [4.78, 5) is 19.9. The van der Waals surface area contributed by atoms with Crippen molar-refractivity contribution in [2.45, 2.75) is 6.54 Å². The Morgan fingerprint density at radius 3 is 2.78 bits per heavy atom. The number of anilines is 1. The maximum absolute atomic E-state index is 11.5. The highest BCUT2D eigenvalue weighted by Crippen LogP contribution is 2.40. The minimum Gasteiger partial charge on any atom is -0.383 e. The molecule has 4 aromatic rings. The number of amides is 1. The molecule has 0 fully saturated rings. The smallest absolute Gasteiger partial charge is 0.248 e. The molecule has 6 N–H and O–H groups in total. The Morgan fingerprint density at radius 2 is 2.07 bits per heavy atom. The van der Waals surface area contributed by atoms with E-state index < -0.39 is 5.91 Å². The Bertz CT molecular complexity index is 1210. The maximum Gasteiger partial charge on any atom is 0.248 e. The van der Waals surface area contributed by atoms with Crippen molar-refractivity contribution >= 4 is 45.3 Å². The third-order valence-electron chi connectivity index (χ3n) is 4.55. The van der Waals surface area contributed by atoms with Gasteiger partial charge in [0.15, 0.2) is 5.65 Å². The molecule has 0 atom stereocenters. The maximum atomic E-state index is 11.5. The quantitative estimate of drug-likeness (QED) is 0.483. The Balaban J connectivity index is 2.07. The number of primary amides is 1. The second kappa shape index (κ2) is 6.22. The fraction of sp³-hybridized carbons (Fsp3) is 0.176. The number of benzene rings is 1. The monoisotopic (exact) mass is 384 g/mol. The van der Waals surface area contributed by atoms with E-state index in [1.54, 1.807) is 22.9 Å². The summed E-state index contributed by atoms with van der Waals surface area (Å²) < 4.78 is 3.54. The van der Waals surface area contributed by atoms with Gasteiger partial charge in [0, 0.05) is 24.5 Å². The van der Waals surface area contributed by atoms with Crippen LogP contribution in [-0.4, -0.2) is 36.8 Å². The largest absolute Gasteiger partial charge is 0.383 e. The highest BCUT2D eigenvalue weighted by Gasteiger charge is 2.24. The highest BCUT2D eigenvalue weighted by atomic mass is 35.5. The number of fused-ring (bicyclic) bond motifs is 2. The molecule has 0 aliphatic carbocycles. The molecule has 0 radical (unpaired) electrons. The normalized spacial score (nSPS) is 11.5. The van der Waals surface area contributed by atoms with Crippen LogP contribution in [0.2, 0.25) is 5.02 Å². The van der Waals surface area contributed by atoms with E-state index >= 15 is 0 Å². The van der Waals surface area contributed by atoms with E-state index in [-0.39, 0.29) is 0 Å². The number of rotatable bonds is 4. The van der Waals surface area contributed by atoms with Gasteiger partial charge < -0.3 is 21.8 Å². The lowest BCUT2D eigenvalue weighted by atomic mass is 10.1. The molecule has 9 nitrogen and oxygen atoms in total. The van der Waals surface area contributed by atoms with Gasteiger partial charge in [0.05, 0.1) is 28.2 Å². The molecule has 3 aromatic heterocycles. The van der Waals surface area contributed by atoms with Gasteiger partial charge in [-0.05, 0) is 12.1 Å². The van der Waals surface area contributed by atoms with Gasteiger partial charge in [-0.3, -0.25) is 4.79 Å². The zero-order chi connectivity index (χ0) is 19.3. The van der Waals surface area contributed by atoms with E-state index in [1.165, 1.54) is 6.33 Å². The molecule has 4 rings (SSSR count). The van der Waals surface area contributed by atoms with Crippen LogP contribution in [0.15, 0.2) is 24.5 Å². The minimum atomic E-state index is -0.508. The molecule has 1 aromatic carbocycles. The number of carbonyl (C=O) groups is 1. The molecule has 0 bridgehead atoms. The van der Waals surface area contributed by atoms with Crippen LogP contribution >= 0.6 is 11.6 Å². The van der Waals surface area contributed by atoms with Crippen molar-refractivity contribution in [2.75, 3.05) is 12.3 Å². The molecule has 138 valence electrons. The van der Waals surface area contributed by atoms with Crippen LogP contribution in [0.1, 0.15) is 10.4 Å². The minimum absolute atomic E-state index is 0.303. The van der Waals surface area contributed by atoms with Crippen LogP contribution in [0.5, 0.6) is 0 Å². The van der Waals surface area contributed by atoms with Crippen molar-refractivity contribution in [1.82, 2.24) is 24.3 Å². The summed E-state index contributed by atoms with van der Waals surface area (Å²) in [5, 5.41) is 6.51. The van der Waals surface area contributed by atoms with Gasteiger partial charge in [-0.15, -0.1) is 0 Å². The molecule has 0 saturated heterocycles. The molecule has 0 spiro atoms. The first kappa shape index (κ1) is 17.3. The van der Waals surface area contributed by atoms with Crippen LogP contribution in [0, 0.1) is 0 Å². The zero-order valence-corrected chi connectivity index (χ0v) is 15.2. The summed E-state index contributed by atoms with van der Waals surface area (Å²) in [5.74, 6) is -0.205. The van der Waals surface area contributed by atoms with Crippen molar-refractivity contribution in [3.8, 4) is 11.4 Å². The van der Waals surface area contributed by atoms with E-state index in [9.17, 15) is 4.79 Å². The van der Waals surface area contributed by atoms with Crippen LogP contribution in [0.3, 0.4) is 0 Å².